The highest BCUT2D eigenvalue weighted by Crippen LogP contribution is 2.34. The molecule has 0 bridgehead atoms. The largest absolute Gasteiger partial charge is 0.573 e. The van der Waals surface area contributed by atoms with E-state index in [0.29, 0.717) is 0 Å². The predicted octanol–water partition coefficient (Wildman–Crippen LogP) is 3.33. The highest BCUT2D eigenvalue weighted by molar-refractivity contribution is 5.44. The molecule has 92 valence electrons. The molecule has 0 atom stereocenters. The molecule has 1 aromatic carbocycles. The summed E-state index contributed by atoms with van der Waals surface area (Å²) in [6.45, 7) is 4.00. The topological polar surface area (TPSA) is 38.7 Å². The van der Waals surface area contributed by atoms with E-state index in [2.05, 4.69) is 9.47 Å². The normalized spacial score (nSPS) is 10.1. The van der Waals surface area contributed by atoms with Crippen LogP contribution in [0.15, 0.2) is 18.2 Å². The van der Waals surface area contributed by atoms with Crippen LogP contribution < -0.4 is 9.47 Å². The third-order valence-corrected chi connectivity index (χ3v) is 1.37. The molecule has 0 fully saturated rings. The number of ether oxygens (including phenoxy) is 2. The third-order valence-electron chi connectivity index (χ3n) is 1.37. The molecule has 3 nitrogen and oxygen atoms in total. The lowest BCUT2D eigenvalue weighted by Gasteiger charge is -2.12. The molecule has 1 rings (SSSR count). The van der Waals surface area contributed by atoms with Crippen molar-refractivity contribution in [1.29, 1.82) is 0 Å². The Bertz CT molecular complexity index is 324. The van der Waals surface area contributed by atoms with E-state index in [1.807, 2.05) is 13.8 Å². The van der Waals surface area contributed by atoms with Crippen LogP contribution in [0.4, 0.5) is 13.2 Å². The Balaban J connectivity index is 0.00000106. The van der Waals surface area contributed by atoms with Crippen LogP contribution in [0.5, 0.6) is 17.2 Å². The van der Waals surface area contributed by atoms with Gasteiger partial charge in [-0.25, -0.2) is 0 Å². The lowest BCUT2D eigenvalue weighted by molar-refractivity contribution is -0.275. The van der Waals surface area contributed by atoms with Crippen molar-refractivity contribution >= 4 is 0 Å². The molecule has 0 saturated carbocycles. The Labute approximate surface area is 91.4 Å². The van der Waals surface area contributed by atoms with Crippen molar-refractivity contribution in [3.8, 4) is 17.2 Å². The van der Waals surface area contributed by atoms with Crippen LogP contribution in [-0.4, -0.2) is 18.6 Å². The SMILES string of the molecule is CC.COc1cc(O)ccc1OC(F)(F)F. The summed E-state index contributed by atoms with van der Waals surface area (Å²) in [5, 5.41) is 8.95. The van der Waals surface area contributed by atoms with Crippen molar-refractivity contribution in [3.05, 3.63) is 18.2 Å². The first-order valence-electron chi connectivity index (χ1n) is 4.55. The Hall–Kier alpha value is -1.59. The number of aromatic hydroxyl groups is 1. The first-order valence-corrected chi connectivity index (χ1v) is 4.55. The Morgan fingerprint density at radius 2 is 1.69 bits per heavy atom. The summed E-state index contributed by atoms with van der Waals surface area (Å²) in [6.07, 6.45) is -4.77. The van der Waals surface area contributed by atoms with Crippen LogP contribution in [0.3, 0.4) is 0 Å². The quantitative estimate of drug-likeness (QED) is 0.858. The molecule has 0 heterocycles. The fourth-order valence-corrected chi connectivity index (χ4v) is 0.865. The monoisotopic (exact) mass is 238 g/mol. The van der Waals surface area contributed by atoms with Crippen molar-refractivity contribution in [3.63, 3.8) is 0 Å². The standard InChI is InChI=1S/C8H7F3O3.C2H6/c1-13-7-4-5(12)2-3-6(7)14-8(9,10)11;1-2/h2-4,12H,1H3;1-2H3. The Kier molecular flexibility index (Phi) is 5.49. The fraction of sp³-hybridized carbons (Fsp3) is 0.400. The molecule has 6 heteroatoms. The van der Waals surface area contributed by atoms with Gasteiger partial charge in [0.05, 0.1) is 7.11 Å². The van der Waals surface area contributed by atoms with Gasteiger partial charge < -0.3 is 14.6 Å². The number of hydrogen-bond donors (Lipinski definition) is 1. The van der Waals surface area contributed by atoms with Gasteiger partial charge in [0.2, 0.25) is 0 Å². The van der Waals surface area contributed by atoms with E-state index in [9.17, 15) is 13.2 Å². The van der Waals surface area contributed by atoms with Crippen LogP contribution in [0, 0.1) is 0 Å². The molecule has 0 aliphatic rings. The van der Waals surface area contributed by atoms with Crippen molar-refractivity contribution < 1.29 is 27.8 Å². The summed E-state index contributed by atoms with van der Waals surface area (Å²) in [4.78, 5) is 0. The fourth-order valence-electron chi connectivity index (χ4n) is 0.865. The van der Waals surface area contributed by atoms with Crippen molar-refractivity contribution in [2.75, 3.05) is 7.11 Å². The summed E-state index contributed by atoms with van der Waals surface area (Å²) >= 11 is 0. The molecular weight excluding hydrogens is 225 g/mol. The number of halogens is 3. The number of phenolic OH excluding ortho intramolecular Hbond substituents is 1. The number of alkyl halides is 3. The first-order chi connectivity index (χ1) is 7.42. The van der Waals surface area contributed by atoms with Gasteiger partial charge in [0, 0.05) is 6.07 Å². The number of methoxy groups -OCH3 is 1. The summed E-state index contributed by atoms with van der Waals surface area (Å²) < 4.78 is 43.7. The van der Waals surface area contributed by atoms with Gasteiger partial charge in [0.15, 0.2) is 11.5 Å². The van der Waals surface area contributed by atoms with Crippen molar-refractivity contribution in [2.45, 2.75) is 20.2 Å². The minimum absolute atomic E-state index is 0.178. The van der Waals surface area contributed by atoms with E-state index >= 15 is 0 Å². The zero-order valence-corrected chi connectivity index (χ0v) is 9.13. The number of rotatable bonds is 2. The van der Waals surface area contributed by atoms with Crippen LogP contribution in [-0.2, 0) is 0 Å². The van der Waals surface area contributed by atoms with Crippen LogP contribution >= 0.6 is 0 Å². The lowest BCUT2D eigenvalue weighted by atomic mass is 10.3. The maximum atomic E-state index is 11.8. The first kappa shape index (κ1) is 14.4. The van der Waals surface area contributed by atoms with Crippen LogP contribution in [0.2, 0.25) is 0 Å². The summed E-state index contributed by atoms with van der Waals surface area (Å²) in [5.74, 6) is -0.864. The van der Waals surface area contributed by atoms with E-state index in [1.165, 1.54) is 7.11 Å². The lowest BCUT2D eigenvalue weighted by Crippen LogP contribution is -2.17. The van der Waals surface area contributed by atoms with Crippen LogP contribution in [0.25, 0.3) is 0 Å². The molecule has 16 heavy (non-hydrogen) atoms. The van der Waals surface area contributed by atoms with E-state index in [0.717, 1.165) is 18.2 Å². The molecule has 0 aromatic heterocycles. The zero-order chi connectivity index (χ0) is 12.8. The summed E-state index contributed by atoms with van der Waals surface area (Å²) in [5.41, 5.74) is 0. The molecule has 0 amide bonds. The van der Waals surface area contributed by atoms with Crippen LogP contribution in [0.1, 0.15) is 13.8 Å². The average Bonchev–Trinajstić information content (AvgIpc) is 2.22. The number of hydrogen-bond acceptors (Lipinski definition) is 3. The highest BCUT2D eigenvalue weighted by atomic mass is 19.4. The minimum Gasteiger partial charge on any atom is -0.508 e. The zero-order valence-electron chi connectivity index (χ0n) is 9.13. The molecule has 0 radical (unpaired) electrons. The van der Waals surface area contributed by atoms with Gasteiger partial charge in [0.1, 0.15) is 5.75 Å². The van der Waals surface area contributed by atoms with Gasteiger partial charge in [-0.15, -0.1) is 13.2 Å². The minimum atomic E-state index is -4.77. The smallest absolute Gasteiger partial charge is 0.508 e. The molecule has 1 N–H and O–H groups in total. The second kappa shape index (κ2) is 6.09. The van der Waals surface area contributed by atoms with Gasteiger partial charge in [-0.2, -0.15) is 0 Å². The molecule has 0 unspecified atom stereocenters. The average molecular weight is 238 g/mol. The molecule has 0 saturated heterocycles. The van der Waals surface area contributed by atoms with Gasteiger partial charge in [0.25, 0.3) is 0 Å². The molecule has 0 spiro atoms. The second-order valence-corrected chi connectivity index (χ2v) is 2.38. The number of phenols is 1. The van der Waals surface area contributed by atoms with E-state index in [4.69, 9.17) is 5.11 Å². The molecule has 0 aliphatic heterocycles. The van der Waals surface area contributed by atoms with Gasteiger partial charge in [-0.1, -0.05) is 13.8 Å². The Morgan fingerprint density at radius 3 is 2.12 bits per heavy atom. The third kappa shape index (κ3) is 4.77. The number of benzene rings is 1. The maximum Gasteiger partial charge on any atom is 0.573 e. The van der Waals surface area contributed by atoms with Gasteiger partial charge >= 0.3 is 6.36 Å². The molecule has 0 aliphatic carbocycles. The Morgan fingerprint density at radius 1 is 1.12 bits per heavy atom. The summed E-state index contributed by atoms with van der Waals surface area (Å²) in [7, 11) is 1.18. The molecule has 1 aromatic rings. The summed E-state index contributed by atoms with van der Waals surface area (Å²) in [6, 6.07) is 3.08. The van der Waals surface area contributed by atoms with Gasteiger partial charge in [-0.05, 0) is 12.1 Å². The van der Waals surface area contributed by atoms with Crippen molar-refractivity contribution in [1.82, 2.24) is 0 Å². The maximum absolute atomic E-state index is 11.8. The molecular formula is C10H13F3O3. The predicted molar refractivity (Wildman–Crippen MR) is 52.7 cm³/mol. The van der Waals surface area contributed by atoms with E-state index in [-0.39, 0.29) is 11.5 Å². The van der Waals surface area contributed by atoms with E-state index < -0.39 is 12.1 Å². The van der Waals surface area contributed by atoms with Gasteiger partial charge in [-0.3, -0.25) is 0 Å². The highest BCUT2D eigenvalue weighted by Gasteiger charge is 2.32. The van der Waals surface area contributed by atoms with Crippen molar-refractivity contribution in [2.24, 2.45) is 0 Å². The second-order valence-electron chi connectivity index (χ2n) is 2.38. The van der Waals surface area contributed by atoms with E-state index in [1.54, 1.807) is 0 Å².